The van der Waals surface area contributed by atoms with Crippen LogP contribution in [0.15, 0.2) is 0 Å². The molecule has 0 saturated carbocycles. The van der Waals surface area contributed by atoms with Crippen molar-refractivity contribution in [2.75, 3.05) is 13.1 Å². The lowest BCUT2D eigenvalue weighted by molar-refractivity contribution is -0.129. The van der Waals surface area contributed by atoms with E-state index in [2.05, 4.69) is 20.8 Å². The number of nitrogens with zero attached hydrogens (tertiary/aromatic N) is 1. The van der Waals surface area contributed by atoms with E-state index in [-0.39, 0.29) is 0 Å². The van der Waals surface area contributed by atoms with E-state index < -0.39 is 0 Å². The molecule has 1 amide bonds. The number of hydrogen-bond donors (Lipinski definition) is 0. The third-order valence-corrected chi connectivity index (χ3v) is 3.45. The lowest BCUT2D eigenvalue weighted by atomic mass is 9.84. The van der Waals surface area contributed by atoms with E-state index in [9.17, 15) is 4.79 Å². The first-order valence-electron chi connectivity index (χ1n) is 5.39. The summed E-state index contributed by atoms with van der Waals surface area (Å²) >= 11 is 0. The maximum Gasteiger partial charge on any atom is 0.222 e. The molecule has 0 aromatic rings. The Labute approximate surface area is 81.3 Å². The van der Waals surface area contributed by atoms with E-state index in [4.69, 9.17) is 0 Å². The van der Waals surface area contributed by atoms with E-state index >= 15 is 0 Å². The molecule has 76 valence electrons. The van der Waals surface area contributed by atoms with Crippen molar-refractivity contribution in [2.45, 2.75) is 46.5 Å². The lowest BCUT2D eigenvalue weighted by Gasteiger charge is -2.31. The summed E-state index contributed by atoms with van der Waals surface area (Å²) in [6, 6.07) is 0. The molecule has 2 nitrogen and oxygen atoms in total. The zero-order chi connectivity index (χ0) is 9.90. The molecule has 1 fully saturated rings. The fourth-order valence-electron chi connectivity index (χ4n) is 1.81. The molecule has 13 heavy (non-hydrogen) atoms. The standard InChI is InChI=1S/C11H21NO/c1-4-11(3,5-2)9-12-8-6-7-10(12)13/h4-9H2,1-3H3. The van der Waals surface area contributed by atoms with Gasteiger partial charge in [-0.2, -0.15) is 0 Å². The van der Waals surface area contributed by atoms with E-state index in [0.29, 0.717) is 11.3 Å². The predicted molar refractivity (Wildman–Crippen MR) is 54.5 cm³/mol. The second-order valence-electron chi connectivity index (χ2n) is 4.44. The van der Waals surface area contributed by atoms with Crippen LogP contribution in [0.3, 0.4) is 0 Å². The monoisotopic (exact) mass is 183 g/mol. The van der Waals surface area contributed by atoms with Gasteiger partial charge in [0.15, 0.2) is 0 Å². The minimum atomic E-state index is 0.333. The molecule has 1 rings (SSSR count). The molecule has 0 N–H and O–H groups in total. The summed E-state index contributed by atoms with van der Waals surface area (Å²) in [7, 11) is 0. The Kier molecular flexibility index (Phi) is 3.34. The first kappa shape index (κ1) is 10.6. The van der Waals surface area contributed by atoms with Gasteiger partial charge in [0.05, 0.1) is 0 Å². The maximum absolute atomic E-state index is 11.4. The van der Waals surface area contributed by atoms with Gasteiger partial charge in [0.25, 0.3) is 0 Å². The highest BCUT2D eigenvalue weighted by Crippen LogP contribution is 2.28. The Morgan fingerprint density at radius 1 is 1.38 bits per heavy atom. The molecule has 1 saturated heterocycles. The summed E-state index contributed by atoms with van der Waals surface area (Å²) in [5, 5.41) is 0. The average Bonchev–Trinajstić information content (AvgIpc) is 2.52. The number of carbonyl (C=O) groups excluding carboxylic acids is 1. The largest absolute Gasteiger partial charge is 0.342 e. The van der Waals surface area contributed by atoms with Crippen LogP contribution in [0.5, 0.6) is 0 Å². The van der Waals surface area contributed by atoms with Crippen molar-refractivity contribution in [2.24, 2.45) is 5.41 Å². The van der Waals surface area contributed by atoms with Crippen molar-refractivity contribution in [3.05, 3.63) is 0 Å². The van der Waals surface area contributed by atoms with Crippen molar-refractivity contribution >= 4 is 5.91 Å². The van der Waals surface area contributed by atoms with Gasteiger partial charge in [0.1, 0.15) is 0 Å². The smallest absolute Gasteiger partial charge is 0.222 e. The van der Waals surface area contributed by atoms with Gasteiger partial charge < -0.3 is 4.90 Å². The van der Waals surface area contributed by atoms with Crippen molar-refractivity contribution in [3.8, 4) is 0 Å². The molecular weight excluding hydrogens is 162 g/mol. The van der Waals surface area contributed by atoms with Crippen LogP contribution in [0.1, 0.15) is 46.5 Å². The van der Waals surface area contributed by atoms with Gasteiger partial charge in [-0.05, 0) is 24.7 Å². The van der Waals surface area contributed by atoms with E-state index in [1.165, 1.54) is 0 Å². The van der Waals surface area contributed by atoms with Gasteiger partial charge >= 0.3 is 0 Å². The van der Waals surface area contributed by atoms with Gasteiger partial charge in [0.2, 0.25) is 5.91 Å². The predicted octanol–water partition coefficient (Wildman–Crippen LogP) is 2.44. The molecule has 1 aliphatic heterocycles. The SMILES string of the molecule is CCC(C)(CC)CN1CCCC1=O. The normalized spacial score (nSPS) is 18.4. The van der Waals surface area contributed by atoms with Crippen LogP contribution in [0.25, 0.3) is 0 Å². The topological polar surface area (TPSA) is 20.3 Å². The zero-order valence-corrected chi connectivity index (χ0v) is 9.10. The Morgan fingerprint density at radius 2 is 2.00 bits per heavy atom. The Hall–Kier alpha value is -0.530. The average molecular weight is 183 g/mol. The molecule has 0 aromatic heterocycles. The molecule has 2 heteroatoms. The molecular formula is C11H21NO. The highest BCUT2D eigenvalue weighted by Gasteiger charge is 2.28. The molecule has 0 bridgehead atoms. The van der Waals surface area contributed by atoms with Crippen LogP contribution in [-0.2, 0) is 4.79 Å². The Balaban J connectivity index is 2.50. The minimum absolute atomic E-state index is 0.333. The van der Waals surface area contributed by atoms with Gasteiger partial charge in [0, 0.05) is 19.5 Å². The summed E-state index contributed by atoms with van der Waals surface area (Å²) in [6.45, 7) is 8.64. The number of likely N-dealkylation sites (tertiary alicyclic amines) is 1. The third kappa shape index (κ3) is 2.45. The van der Waals surface area contributed by atoms with Crippen molar-refractivity contribution in [1.82, 2.24) is 4.90 Å². The molecule has 0 spiro atoms. The summed E-state index contributed by atoms with van der Waals surface area (Å²) in [6.07, 6.45) is 4.15. The van der Waals surface area contributed by atoms with E-state index in [0.717, 1.165) is 38.8 Å². The molecule has 0 unspecified atom stereocenters. The maximum atomic E-state index is 11.4. The first-order valence-corrected chi connectivity index (χ1v) is 5.39. The van der Waals surface area contributed by atoms with Crippen LogP contribution in [-0.4, -0.2) is 23.9 Å². The van der Waals surface area contributed by atoms with Crippen molar-refractivity contribution in [1.29, 1.82) is 0 Å². The second kappa shape index (κ2) is 4.12. The summed E-state index contributed by atoms with van der Waals surface area (Å²) in [4.78, 5) is 13.4. The van der Waals surface area contributed by atoms with Crippen LogP contribution in [0.2, 0.25) is 0 Å². The summed E-state index contributed by atoms with van der Waals surface area (Å²) < 4.78 is 0. The summed E-state index contributed by atoms with van der Waals surface area (Å²) in [5.74, 6) is 0.355. The molecule has 1 heterocycles. The second-order valence-corrected chi connectivity index (χ2v) is 4.44. The minimum Gasteiger partial charge on any atom is -0.342 e. The summed E-state index contributed by atoms with van der Waals surface area (Å²) in [5.41, 5.74) is 0.333. The quantitative estimate of drug-likeness (QED) is 0.655. The highest BCUT2D eigenvalue weighted by atomic mass is 16.2. The number of rotatable bonds is 4. The van der Waals surface area contributed by atoms with E-state index in [1.54, 1.807) is 0 Å². The highest BCUT2D eigenvalue weighted by molar-refractivity contribution is 5.78. The fourth-order valence-corrected chi connectivity index (χ4v) is 1.81. The van der Waals surface area contributed by atoms with Crippen molar-refractivity contribution in [3.63, 3.8) is 0 Å². The number of hydrogen-bond acceptors (Lipinski definition) is 1. The first-order chi connectivity index (χ1) is 6.11. The molecule has 0 radical (unpaired) electrons. The van der Waals surface area contributed by atoms with Gasteiger partial charge in [-0.15, -0.1) is 0 Å². The molecule has 0 aliphatic carbocycles. The van der Waals surface area contributed by atoms with Gasteiger partial charge in [-0.3, -0.25) is 4.79 Å². The lowest BCUT2D eigenvalue weighted by Crippen LogP contribution is -2.36. The molecule has 0 atom stereocenters. The Bertz CT molecular complexity index is 185. The van der Waals surface area contributed by atoms with Crippen molar-refractivity contribution < 1.29 is 4.79 Å². The fraction of sp³-hybridized carbons (Fsp3) is 0.909. The molecule has 0 aromatic carbocycles. The van der Waals surface area contributed by atoms with Crippen LogP contribution < -0.4 is 0 Å². The number of carbonyl (C=O) groups is 1. The van der Waals surface area contributed by atoms with Crippen LogP contribution in [0.4, 0.5) is 0 Å². The zero-order valence-electron chi connectivity index (χ0n) is 9.10. The Morgan fingerprint density at radius 3 is 2.38 bits per heavy atom. The van der Waals surface area contributed by atoms with Crippen LogP contribution in [0, 0.1) is 5.41 Å². The third-order valence-electron chi connectivity index (χ3n) is 3.45. The van der Waals surface area contributed by atoms with Gasteiger partial charge in [-0.1, -0.05) is 20.8 Å². The van der Waals surface area contributed by atoms with Gasteiger partial charge in [-0.25, -0.2) is 0 Å². The molecule has 1 aliphatic rings. The van der Waals surface area contributed by atoms with E-state index in [1.807, 2.05) is 4.90 Å². The van der Waals surface area contributed by atoms with Crippen LogP contribution >= 0.6 is 0 Å². The number of amides is 1.